The van der Waals surface area contributed by atoms with Crippen molar-refractivity contribution in [2.75, 3.05) is 17.2 Å². The first-order valence-electron chi connectivity index (χ1n) is 13.1. The van der Waals surface area contributed by atoms with E-state index in [2.05, 4.69) is 26.1 Å². The quantitative estimate of drug-likeness (QED) is 0.102. The Morgan fingerprint density at radius 3 is 2.34 bits per heavy atom. The Morgan fingerprint density at radius 1 is 0.909 bits per heavy atom. The van der Waals surface area contributed by atoms with Crippen molar-refractivity contribution in [1.82, 2.24) is 10.4 Å². The van der Waals surface area contributed by atoms with Gasteiger partial charge in [-0.15, -0.1) is 11.3 Å². The van der Waals surface area contributed by atoms with Gasteiger partial charge in [-0.2, -0.15) is 5.10 Å². The van der Waals surface area contributed by atoms with Crippen LogP contribution in [0.25, 0.3) is 11.3 Å². The van der Waals surface area contributed by atoms with Gasteiger partial charge in [-0.1, -0.05) is 71.2 Å². The molecule has 0 aliphatic rings. The zero-order valence-corrected chi connectivity index (χ0v) is 26.2. The van der Waals surface area contributed by atoms with E-state index in [0.29, 0.717) is 21.8 Å². The lowest BCUT2D eigenvalue weighted by Gasteiger charge is -2.11. The molecule has 0 spiro atoms. The molecule has 0 aliphatic heterocycles. The molecule has 0 radical (unpaired) electrons. The van der Waals surface area contributed by atoms with Crippen molar-refractivity contribution in [2.45, 2.75) is 6.92 Å². The number of carbonyl (C=O) groups is 2. The van der Waals surface area contributed by atoms with Crippen molar-refractivity contribution >= 4 is 80.7 Å². The van der Waals surface area contributed by atoms with E-state index in [1.54, 1.807) is 42.5 Å². The first kappa shape index (κ1) is 31.0. The fraction of sp³-hybridized carbons (Fsp3) is 0.0625. The van der Waals surface area contributed by atoms with Crippen LogP contribution in [0.4, 0.5) is 16.5 Å². The summed E-state index contributed by atoms with van der Waals surface area (Å²) in [6.45, 7) is 1.55. The SMILES string of the molecule is Cc1ccc(NC(=O)COc2c(Cl)cc(/C=N/NC(=O)c3ccc(-c4csc(Nc5ccccc5)n4)cc3)cc2Cl)cc1Cl. The van der Waals surface area contributed by atoms with E-state index in [0.717, 1.165) is 27.6 Å². The number of para-hydroxylation sites is 1. The van der Waals surface area contributed by atoms with Crippen LogP contribution in [0.15, 0.2) is 95.4 Å². The highest BCUT2D eigenvalue weighted by Crippen LogP contribution is 2.34. The molecule has 12 heteroatoms. The Kier molecular flexibility index (Phi) is 10.1. The van der Waals surface area contributed by atoms with Gasteiger partial charge in [0, 0.05) is 32.9 Å². The highest BCUT2D eigenvalue weighted by atomic mass is 35.5. The standard InChI is InChI=1S/C32H24Cl3N5O3S/c1-19-7-12-24(15-25(19)33)37-29(41)17-43-30-26(34)13-20(14-27(30)35)16-36-40-31(42)22-10-8-21(9-11-22)28-18-44-32(39-28)38-23-5-3-2-4-6-23/h2-16,18H,17H2,1H3,(H,37,41)(H,38,39)(H,40,42)/b36-16+. The van der Waals surface area contributed by atoms with Crippen LogP contribution in [0.1, 0.15) is 21.5 Å². The van der Waals surface area contributed by atoms with Gasteiger partial charge >= 0.3 is 0 Å². The molecule has 0 saturated heterocycles. The predicted molar refractivity (Wildman–Crippen MR) is 179 cm³/mol. The number of carbonyl (C=O) groups excluding carboxylic acids is 2. The van der Waals surface area contributed by atoms with Crippen LogP contribution in [-0.4, -0.2) is 29.6 Å². The van der Waals surface area contributed by atoms with Crippen LogP contribution in [-0.2, 0) is 4.79 Å². The molecule has 8 nitrogen and oxygen atoms in total. The van der Waals surface area contributed by atoms with Crippen molar-refractivity contribution in [3.05, 3.63) is 122 Å². The topological polar surface area (TPSA) is 105 Å². The van der Waals surface area contributed by atoms with E-state index in [1.807, 2.05) is 54.8 Å². The van der Waals surface area contributed by atoms with Gasteiger partial charge in [0.2, 0.25) is 0 Å². The maximum atomic E-state index is 12.6. The lowest BCUT2D eigenvalue weighted by molar-refractivity contribution is -0.118. The minimum Gasteiger partial charge on any atom is -0.481 e. The van der Waals surface area contributed by atoms with Gasteiger partial charge in [0.05, 0.1) is 22.0 Å². The van der Waals surface area contributed by atoms with Crippen LogP contribution >= 0.6 is 46.1 Å². The number of rotatable bonds is 10. The van der Waals surface area contributed by atoms with Gasteiger partial charge in [0.25, 0.3) is 11.8 Å². The Hall–Kier alpha value is -4.41. The molecule has 0 unspecified atom stereocenters. The van der Waals surface area contributed by atoms with Crippen LogP contribution < -0.4 is 20.8 Å². The van der Waals surface area contributed by atoms with Gasteiger partial charge in [0.15, 0.2) is 17.5 Å². The summed E-state index contributed by atoms with van der Waals surface area (Å²) in [6.07, 6.45) is 1.40. The maximum absolute atomic E-state index is 12.6. The lowest BCUT2D eigenvalue weighted by atomic mass is 10.1. The molecule has 5 rings (SSSR count). The number of amides is 2. The van der Waals surface area contributed by atoms with Crippen molar-refractivity contribution in [2.24, 2.45) is 5.10 Å². The van der Waals surface area contributed by atoms with Gasteiger partial charge < -0.3 is 15.4 Å². The first-order valence-corrected chi connectivity index (χ1v) is 15.2. The lowest BCUT2D eigenvalue weighted by Crippen LogP contribution is -2.20. The normalized spacial score (nSPS) is 10.9. The third-order valence-corrected chi connectivity index (χ3v) is 7.90. The second kappa shape index (κ2) is 14.4. The second-order valence-corrected chi connectivity index (χ2v) is 11.5. The summed E-state index contributed by atoms with van der Waals surface area (Å²) in [6, 6.07) is 25.2. The molecule has 1 aromatic heterocycles. The molecule has 0 atom stereocenters. The molecule has 5 aromatic rings. The highest BCUT2D eigenvalue weighted by Gasteiger charge is 2.13. The first-order chi connectivity index (χ1) is 21.2. The predicted octanol–water partition coefficient (Wildman–Crippen LogP) is 8.60. The van der Waals surface area contributed by atoms with Gasteiger partial charge in [0.1, 0.15) is 0 Å². The number of halogens is 3. The number of benzene rings is 4. The molecule has 4 aromatic carbocycles. The molecule has 3 N–H and O–H groups in total. The summed E-state index contributed by atoms with van der Waals surface area (Å²) in [5, 5.41) is 13.6. The number of hydrogen-bond donors (Lipinski definition) is 3. The smallest absolute Gasteiger partial charge is 0.271 e. The van der Waals surface area contributed by atoms with Gasteiger partial charge in [-0.3, -0.25) is 9.59 Å². The molecule has 44 heavy (non-hydrogen) atoms. The van der Waals surface area contributed by atoms with Crippen molar-refractivity contribution in [1.29, 1.82) is 0 Å². The maximum Gasteiger partial charge on any atom is 0.271 e. The zero-order valence-electron chi connectivity index (χ0n) is 23.1. The van der Waals surface area contributed by atoms with Crippen LogP contribution in [0, 0.1) is 6.92 Å². The summed E-state index contributed by atoms with van der Waals surface area (Å²) in [5.74, 6) is -0.653. The average molecular weight is 665 g/mol. The van der Waals surface area contributed by atoms with Gasteiger partial charge in [-0.05, 0) is 66.6 Å². The minimum absolute atomic E-state index is 0.148. The molecule has 0 aliphatic carbocycles. The van der Waals surface area contributed by atoms with Gasteiger partial charge in [-0.25, -0.2) is 10.4 Å². The number of aryl methyl sites for hydroxylation is 1. The summed E-state index contributed by atoms with van der Waals surface area (Å²) in [5.41, 5.74) is 7.52. The Morgan fingerprint density at radius 2 is 1.64 bits per heavy atom. The van der Waals surface area contributed by atoms with Crippen LogP contribution in [0.5, 0.6) is 5.75 Å². The van der Waals surface area contributed by atoms with E-state index >= 15 is 0 Å². The number of anilines is 3. The molecular weight excluding hydrogens is 641 g/mol. The largest absolute Gasteiger partial charge is 0.481 e. The highest BCUT2D eigenvalue weighted by molar-refractivity contribution is 7.14. The van der Waals surface area contributed by atoms with Crippen molar-refractivity contribution in [3.63, 3.8) is 0 Å². The third-order valence-electron chi connectivity index (χ3n) is 6.18. The molecule has 0 saturated carbocycles. The molecule has 1 heterocycles. The zero-order chi connectivity index (χ0) is 31.1. The number of nitrogens with one attached hydrogen (secondary N) is 3. The van der Waals surface area contributed by atoms with Crippen molar-refractivity contribution < 1.29 is 14.3 Å². The Balaban J connectivity index is 1.13. The fourth-order valence-corrected chi connectivity index (χ4v) is 5.46. The third kappa shape index (κ3) is 8.15. The second-order valence-electron chi connectivity index (χ2n) is 9.42. The molecule has 2 amide bonds. The minimum atomic E-state index is -0.408. The summed E-state index contributed by atoms with van der Waals surface area (Å²) in [4.78, 5) is 29.6. The van der Waals surface area contributed by atoms with E-state index in [4.69, 9.17) is 39.5 Å². The molecule has 0 bridgehead atoms. The molecule has 0 fully saturated rings. The average Bonchev–Trinajstić information content (AvgIpc) is 3.47. The van der Waals surface area contributed by atoms with E-state index in [-0.39, 0.29) is 22.4 Å². The number of hydrogen-bond acceptors (Lipinski definition) is 7. The molecule has 222 valence electrons. The van der Waals surface area contributed by atoms with E-state index in [1.165, 1.54) is 17.6 Å². The fourth-order valence-electron chi connectivity index (χ4n) is 3.93. The molecular formula is C32H24Cl3N5O3S. The number of nitrogens with zero attached hydrogens (tertiary/aromatic N) is 2. The summed E-state index contributed by atoms with van der Waals surface area (Å²) >= 11 is 20.3. The monoisotopic (exact) mass is 663 g/mol. The Labute approximate surface area is 272 Å². The number of ether oxygens (including phenoxy) is 1. The number of thiazole rings is 1. The Bertz CT molecular complexity index is 1810. The van der Waals surface area contributed by atoms with E-state index < -0.39 is 11.8 Å². The van der Waals surface area contributed by atoms with E-state index in [9.17, 15) is 9.59 Å². The summed E-state index contributed by atoms with van der Waals surface area (Å²) in [7, 11) is 0. The van der Waals surface area contributed by atoms with Crippen LogP contribution in [0.3, 0.4) is 0 Å². The number of hydrazone groups is 1. The van der Waals surface area contributed by atoms with Crippen molar-refractivity contribution in [3.8, 4) is 17.0 Å². The van der Waals surface area contributed by atoms with Crippen LogP contribution in [0.2, 0.25) is 15.1 Å². The summed E-state index contributed by atoms with van der Waals surface area (Å²) < 4.78 is 5.55. The number of aromatic nitrogens is 1.